The Morgan fingerprint density at radius 1 is 1.10 bits per heavy atom. The van der Waals surface area contributed by atoms with Crippen LogP contribution >= 0.6 is 0 Å². The first-order chi connectivity index (χ1) is 9.68. The molecule has 0 spiro atoms. The molecule has 112 valence electrons. The zero-order valence-electron chi connectivity index (χ0n) is 12.4. The van der Waals surface area contributed by atoms with E-state index in [4.69, 9.17) is 4.74 Å². The van der Waals surface area contributed by atoms with Gasteiger partial charge in [0.2, 0.25) is 5.91 Å². The molecule has 0 aromatic carbocycles. The Morgan fingerprint density at radius 3 is 2.25 bits per heavy atom. The van der Waals surface area contributed by atoms with Crippen LogP contribution in [0.1, 0.15) is 38.5 Å². The fourth-order valence-corrected chi connectivity index (χ4v) is 5.76. The van der Waals surface area contributed by atoms with Gasteiger partial charge in [-0.2, -0.15) is 0 Å². The molecule has 1 aliphatic heterocycles. The molecule has 4 nitrogen and oxygen atoms in total. The Labute approximate surface area is 121 Å². The maximum absolute atomic E-state index is 12.9. The average Bonchev–Trinajstić information content (AvgIpc) is 2.84. The third-order valence-corrected chi connectivity index (χ3v) is 6.30. The summed E-state index contributed by atoms with van der Waals surface area (Å²) < 4.78 is 5.47. The predicted molar refractivity (Wildman–Crippen MR) is 76.2 cm³/mol. The number of hydrogen-bond acceptors (Lipinski definition) is 3. The molecule has 4 aliphatic carbocycles. The summed E-state index contributed by atoms with van der Waals surface area (Å²) in [5.74, 6) is 2.80. The molecule has 5 rings (SSSR count). The number of carbonyl (C=O) groups is 1. The minimum atomic E-state index is -0.0321. The van der Waals surface area contributed by atoms with E-state index in [0.717, 1.165) is 50.1 Å². The van der Waals surface area contributed by atoms with Crippen LogP contribution < -0.4 is 10.6 Å². The van der Waals surface area contributed by atoms with E-state index >= 15 is 0 Å². The number of ether oxygens (including phenoxy) is 1. The maximum Gasteiger partial charge on any atom is 0.226 e. The smallest absolute Gasteiger partial charge is 0.226 e. The van der Waals surface area contributed by atoms with Crippen LogP contribution in [0.25, 0.3) is 0 Å². The summed E-state index contributed by atoms with van der Waals surface area (Å²) in [5.41, 5.74) is -0.0321. The van der Waals surface area contributed by atoms with Crippen molar-refractivity contribution in [3.63, 3.8) is 0 Å². The van der Waals surface area contributed by atoms with E-state index in [1.54, 1.807) is 7.11 Å². The topological polar surface area (TPSA) is 50.4 Å². The van der Waals surface area contributed by atoms with Crippen molar-refractivity contribution in [2.75, 3.05) is 20.2 Å². The zero-order chi connectivity index (χ0) is 13.7. The average molecular weight is 278 g/mol. The largest absolute Gasteiger partial charge is 0.378 e. The van der Waals surface area contributed by atoms with E-state index in [1.165, 1.54) is 19.3 Å². The van der Waals surface area contributed by atoms with Crippen LogP contribution in [-0.2, 0) is 9.53 Å². The number of carbonyl (C=O) groups excluding carboxylic acids is 1. The van der Waals surface area contributed by atoms with Gasteiger partial charge in [0.25, 0.3) is 0 Å². The van der Waals surface area contributed by atoms with E-state index in [9.17, 15) is 4.79 Å². The highest BCUT2D eigenvalue weighted by Gasteiger charge is 2.55. The predicted octanol–water partition coefficient (Wildman–Crippen LogP) is 1.31. The fourth-order valence-electron chi connectivity index (χ4n) is 5.76. The zero-order valence-corrected chi connectivity index (χ0v) is 12.4. The van der Waals surface area contributed by atoms with Gasteiger partial charge in [-0.1, -0.05) is 0 Å². The van der Waals surface area contributed by atoms with Gasteiger partial charge >= 0.3 is 0 Å². The fraction of sp³-hybridized carbons (Fsp3) is 0.938. The number of hydrogen-bond donors (Lipinski definition) is 2. The molecule has 5 aliphatic rings. The molecule has 2 atom stereocenters. The molecule has 1 saturated heterocycles. The second-order valence-corrected chi connectivity index (χ2v) is 7.71. The lowest BCUT2D eigenvalue weighted by atomic mass is 9.49. The Bertz CT molecular complexity index is 374. The SMILES string of the molecule is CO[C@H]1CNCC1NC(=O)C12CC3CC(CC(C3)C1)C2. The lowest BCUT2D eigenvalue weighted by Crippen LogP contribution is -2.56. The first kappa shape index (κ1) is 13.1. The van der Waals surface area contributed by atoms with Gasteiger partial charge in [0, 0.05) is 25.6 Å². The molecular weight excluding hydrogens is 252 g/mol. The molecule has 2 N–H and O–H groups in total. The van der Waals surface area contributed by atoms with Crippen LogP contribution in [0.2, 0.25) is 0 Å². The van der Waals surface area contributed by atoms with Crippen LogP contribution in [-0.4, -0.2) is 38.3 Å². The van der Waals surface area contributed by atoms with E-state index in [2.05, 4.69) is 10.6 Å². The molecule has 5 fully saturated rings. The third-order valence-electron chi connectivity index (χ3n) is 6.30. The highest BCUT2D eigenvalue weighted by atomic mass is 16.5. The standard InChI is InChI=1S/C16H26N2O2/c1-20-14-9-17-8-13(14)18-15(19)16-5-10-2-11(6-16)4-12(3-10)7-16/h10-14,17H,2-9H2,1H3,(H,18,19)/t10?,11?,12?,13?,14-,16?/m0/s1. The molecule has 20 heavy (non-hydrogen) atoms. The molecule has 1 heterocycles. The lowest BCUT2D eigenvalue weighted by molar-refractivity contribution is -0.147. The Morgan fingerprint density at radius 2 is 1.70 bits per heavy atom. The van der Waals surface area contributed by atoms with Crippen molar-refractivity contribution in [3.8, 4) is 0 Å². The quantitative estimate of drug-likeness (QED) is 0.818. The van der Waals surface area contributed by atoms with Crippen molar-refractivity contribution in [1.29, 1.82) is 0 Å². The lowest BCUT2D eigenvalue weighted by Gasteiger charge is -2.55. The number of amides is 1. The Kier molecular flexibility index (Phi) is 3.08. The molecule has 0 radical (unpaired) electrons. The molecule has 4 saturated carbocycles. The molecule has 4 heteroatoms. The van der Waals surface area contributed by atoms with Crippen LogP contribution in [0.5, 0.6) is 0 Å². The summed E-state index contributed by atoms with van der Waals surface area (Å²) >= 11 is 0. The minimum absolute atomic E-state index is 0.0321. The van der Waals surface area contributed by atoms with Gasteiger partial charge in [-0.05, 0) is 56.3 Å². The molecule has 4 bridgehead atoms. The summed E-state index contributed by atoms with van der Waals surface area (Å²) in [6, 6.07) is 0.153. The summed E-state index contributed by atoms with van der Waals surface area (Å²) in [7, 11) is 1.74. The molecule has 0 aromatic heterocycles. The summed E-state index contributed by atoms with van der Waals surface area (Å²) in [5, 5.41) is 6.62. The summed E-state index contributed by atoms with van der Waals surface area (Å²) in [6.45, 7) is 1.69. The molecule has 0 aromatic rings. The van der Waals surface area contributed by atoms with Gasteiger partial charge in [0.05, 0.1) is 12.1 Å². The first-order valence-corrected chi connectivity index (χ1v) is 8.23. The van der Waals surface area contributed by atoms with Crippen LogP contribution in [0.15, 0.2) is 0 Å². The summed E-state index contributed by atoms with van der Waals surface area (Å²) in [6.07, 6.45) is 7.72. The van der Waals surface area contributed by atoms with Gasteiger partial charge in [-0.25, -0.2) is 0 Å². The van der Waals surface area contributed by atoms with Gasteiger partial charge < -0.3 is 15.4 Å². The Balaban J connectivity index is 1.48. The van der Waals surface area contributed by atoms with E-state index < -0.39 is 0 Å². The minimum Gasteiger partial charge on any atom is -0.378 e. The highest BCUT2D eigenvalue weighted by Crippen LogP contribution is 2.60. The van der Waals surface area contributed by atoms with Crippen molar-refractivity contribution in [1.82, 2.24) is 10.6 Å². The van der Waals surface area contributed by atoms with Crippen molar-refractivity contribution in [3.05, 3.63) is 0 Å². The van der Waals surface area contributed by atoms with Gasteiger partial charge in [-0.15, -0.1) is 0 Å². The number of methoxy groups -OCH3 is 1. The van der Waals surface area contributed by atoms with Crippen molar-refractivity contribution in [2.24, 2.45) is 23.2 Å². The van der Waals surface area contributed by atoms with Gasteiger partial charge in [0.15, 0.2) is 0 Å². The van der Waals surface area contributed by atoms with Crippen molar-refractivity contribution < 1.29 is 9.53 Å². The molecule has 1 unspecified atom stereocenters. The number of rotatable bonds is 3. The monoisotopic (exact) mass is 278 g/mol. The normalized spacial score (nSPS) is 49.5. The molecule has 1 amide bonds. The van der Waals surface area contributed by atoms with Crippen LogP contribution in [0.4, 0.5) is 0 Å². The third kappa shape index (κ3) is 2.00. The second-order valence-electron chi connectivity index (χ2n) is 7.71. The number of nitrogens with one attached hydrogen (secondary N) is 2. The Hall–Kier alpha value is -0.610. The van der Waals surface area contributed by atoms with Crippen LogP contribution in [0.3, 0.4) is 0 Å². The first-order valence-electron chi connectivity index (χ1n) is 8.23. The molecular formula is C16H26N2O2. The van der Waals surface area contributed by atoms with Gasteiger partial charge in [0.1, 0.15) is 0 Å². The summed E-state index contributed by atoms with van der Waals surface area (Å²) in [4.78, 5) is 12.9. The van der Waals surface area contributed by atoms with E-state index in [-0.39, 0.29) is 17.6 Å². The van der Waals surface area contributed by atoms with Crippen molar-refractivity contribution >= 4 is 5.91 Å². The van der Waals surface area contributed by atoms with E-state index in [1.807, 2.05) is 0 Å². The van der Waals surface area contributed by atoms with E-state index in [0.29, 0.717) is 5.91 Å². The van der Waals surface area contributed by atoms with Crippen molar-refractivity contribution in [2.45, 2.75) is 50.7 Å². The maximum atomic E-state index is 12.9. The van der Waals surface area contributed by atoms with Crippen LogP contribution in [0, 0.1) is 23.2 Å². The van der Waals surface area contributed by atoms with Gasteiger partial charge in [-0.3, -0.25) is 4.79 Å². The second kappa shape index (κ2) is 4.70. The highest BCUT2D eigenvalue weighted by molar-refractivity contribution is 5.83.